The van der Waals surface area contributed by atoms with Gasteiger partial charge in [0.05, 0.1) is 4.91 Å². The number of thiocarbonyl (C=S) groups is 1. The van der Waals surface area contributed by atoms with Crippen molar-refractivity contribution in [1.29, 1.82) is 0 Å². The number of primary amides is 1. The molecule has 10 heteroatoms. The first-order chi connectivity index (χ1) is 14.7. The number of allylic oxidation sites excluding steroid dienone is 2. The molecule has 1 fully saturated rings. The predicted octanol–water partition coefficient (Wildman–Crippen LogP) is 2.06. The van der Waals surface area contributed by atoms with Crippen molar-refractivity contribution in [3.05, 3.63) is 52.4 Å². The molecule has 0 bridgehead atoms. The zero-order valence-electron chi connectivity index (χ0n) is 16.9. The minimum Gasteiger partial charge on any atom is -0.480 e. The smallest absolute Gasteiger partial charge is 0.326 e. The maximum absolute atomic E-state index is 12.7. The first-order valence-electron chi connectivity index (χ1n) is 9.46. The van der Waals surface area contributed by atoms with Crippen LogP contribution in [0.15, 0.2) is 46.9 Å². The molecule has 1 heterocycles. The summed E-state index contributed by atoms with van der Waals surface area (Å²) in [6.45, 7) is 1.91. The maximum Gasteiger partial charge on any atom is 0.326 e. The first kappa shape index (κ1) is 24.3. The Morgan fingerprint density at radius 2 is 1.94 bits per heavy atom. The van der Waals surface area contributed by atoms with Crippen LogP contribution in [0, 0.1) is 0 Å². The standard InChI is InChI=1S/C21H23N3O5S2/c1-13(11-14-5-3-2-4-6-14)12-16-19(27)24(21(30)31-16)10-9-18(26)23-15(20(28)29)7-8-17(22)25/h2-6,11-12,15H,7-10H2,1H3,(H2,22,25)(H,23,26)(H,28,29)/b13-11-,16-12+. The molecule has 1 aromatic rings. The van der Waals surface area contributed by atoms with E-state index in [4.69, 9.17) is 23.1 Å². The van der Waals surface area contributed by atoms with Crippen LogP contribution < -0.4 is 11.1 Å². The van der Waals surface area contributed by atoms with Gasteiger partial charge in [-0.2, -0.15) is 0 Å². The summed E-state index contributed by atoms with van der Waals surface area (Å²) in [6.07, 6.45) is 3.30. The average molecular weight is 462 g/mol. The molecule has 31 heavy (non-hydrogen) atoms. The van der Waals surface area contributed by atoms with Gasteiger partial charge >= 0.3 is 5.97 Å². The topological polar surface area (TPSA) is 130 Å². The van der Waals surface area contributed by atoms with Crippen molar-refractivity contribution < 1.29 is 24.3 Å². The zero-order chi connectivity index (χ0) is 23.0. The lowest BCUT2D eigenvalue weighted by atomic mass is 10.1. The van der Waals surface area contributed by atoms with E-state index in [9.17, 15) is 19.2 Å². The molecule has 1 saturated heterocycles. The van der Waals surface area contributed by atoms with E-state index >= 15 is 0 Å². The second-order valence-electron chi connectivity index (χ2n) is 6.85. The summed E-state index contributed by atoms with van der Waals surface area (Å²) in [5, 5.41) is 11.5. The fourth-order valence-corrected chi connectivity index (χ4v) is 4.14. The number of nitrogens with two attached hydrogens (primary N) is 1. The minimum absolute atomic E-state index is 0.0252. The number of aliphatic carboxylic acids is 1. The largest absolute Gasteiger partial charge is 0.480 e. The van der Waals surface area contributed by atoms with Gasteiger partial charge in [0.25, 0.3) is 5.91 Å². The Labute approximate surface area is 189 Å². The molecule has 1 unspecified atom stereocenters. The Hall–Kier alpha value is -2.98. The molecule has 1 aliphatic heterocycles. The Kier molecular flexibility index (Phi) is 8.95. The number of thioether (sulfide) groups is 1. The molecule has 8 nitrogen and oxygen atoms in total. The molecule has 0 spiro atoms. The number of carboxylic acid groups (broad SMARTS) is 1. The molecule has 2 rings (SSSR count). The third-order valence-electron chi connectivity index (χ3n) is 4.30. The van der Waals surface area contributed by atoms with E-state index in [1.54, 1.807) is 6.08 Å². The average Bonchev–Trinajstić information content (AvgIpc) is 2.96. The minimum atomic E-state index is -1.26. The number of benzene rings is 1. The maximum atomic E-state index is 12.7. The summed E-state index contributed by atoms with van der Waals surface area (Å²) >= 11 is 6.41. The highest BCUT2D eigenvalue weighted by Gasteiger charge is 2.32. The molecule has 1 aliphatic rings. The van der Waals surface area contributed by atoms with Crippen molar-refractivity contribution in [2.75, 3.05) is 6.54 Å². The van der Waals surface area contributed by atoms with Crippen LogP contribution in [0.4, 0.5) is 0 Å². The zero-order valence-corrected chi connectivity index (χ0v) is 18.5. The molecule has 164 valence electrons. The van der Waals surface area contributed by atoms with E-state index in [1.165, 1.54) is 4.90 Å². The third-order valence-corrected chi connectivity index (χ3v) is 5.68. The molecule has 1 aromatic carbocycles. The summed E-state index contributed by atoms with van der Waals surface area (Å²) in [5.41, 5.74) is 6.90. The fourth-order valence-electron chi connectivity index (χ4n) is 2.78. The van der Waals surface area contributed by atoms with Crippen molar-refractivity contribution in [3.63, 3.8) is 0 Å². The van der Waals surface area contributed by atoms with Gasteiger partial charge < -0.3 is 16.2 Å². The molecule has 0 aliphatic carbocycles. The second kappa shape index (κ2) is 11.4. The van der Waals surface area contributed by atoms with Crippen LogP contribution in [0.3, 0.4) is 0 Å². The molecule has 0 aromatic heterocycles. The third kappa shape index (κ3) is 7.65. The first-order valence-corrected chi connectivity index (χ1v) is 10.7. The van der Waals surface area contributed by atoms with Gasteiger partial charge in [0.2, 0.25) is 11.8 Å². The number of nitrogens with one attached hydrogen (secondary N) is 1. The Morgan fingerprint density at radius 1 is 1.26 bits per heavy atom. The summed E-state index contributed by atoms with van der Waals surface area (Å²) in [7, 11) is 0. The molecular formula is C21H23N3O5S2. The molecule has 4 N–H and O–H groups in total. The number of rotatable bonds is 10. The number of amides is 3. The van der Waals surface area contributed by atoms with E-state index in [2.05, 4.69) is 5.32 Å². The van der Waals surface area contributed by atoms with E-state index in [0.29, 0.717) is 9.23 Å². The van der Waals surface area contributed by atoms with Crippen molar-refractivity contribution in [1.82, 2.24) is 10.2 Å². The summed E-state index contributed by atoms with van der Waals surface area (Å²) < 4.78 is 0.333. The number of carbonyl (C=O) groups excluding carboxylic acids is 3. The SMILES string of the molecule is CC(=C/c1ccccc1)/C=C1/SC(=S)N(CCC(=O)NC(CCC(N)=O)C(=O)O)C1=O. The lowest BCUT2D eigenvalue weighted by molar-refractivity contribution is -0.142. The fraction of sp³-hybridized carbons (Fsp3) is 0.286. The molecule has 1 atom stereocenters. The van der Waals surface area contributed by atoms with Crippen LogP contribution in [0.25, 0.3) is 6.08 Å². The monoisotopic (exact) mass is 461 g/mol. The van der Waals surface area contributed by atoms with Gasteiger partial charge in [-0.25, -0.2) is 4.79 Å². The summed E-state index contributed by atoms with van der Waals surface area (Å²) in [5.74, 6) is -2.77. The molecular weight excluding hydrogens is 438 g/mol. The van der Waals surface area contributed by atoms with Gasteiger partial charge in [0.1, 0.15) is 10.4 Å². The number of hydrogen-bond donors (Lipinski definition) is 3. The molecule has 0 saturated carbocycles. The van der Waals surface area contributed by atoms with Crippen molar-refractivity contribution in [2.45, 2.75) is 32.2 Å². The van der Waals surface area contributed by atoms with Gasteiger partial charge in [-0.15, -0.1) is 0 Å². The molecule has 0 radical (unpaired) electrons. The van der Waals surface area contributed by atoms with Crippen molar-refractivity contribution in [2.24, 2.45) is 5.73 Å². The predicted molar refractivity (Wildman–Crippen MR) is 123 cm³/mol. The highest BCUT2D eigenvalue weighted by atomic mass is 32.2. The number of carboxylic acids is 1. The van der Waals surface area contributed by atoms with Gasteiger partial charge in [-0.1, -0.05) is 60.4 Å². The highest BCUT2D eigenvalue weighted by molar-refractivity contribution is 8.26. The van der Waals surface area contributed by atoms with Crippen LogP contribution >= 0.6 is 24.0 Å². The lowest BCUT2D eigenvalue weighted by Crippen LogP contribution is -2.42. The van der Waals surface area contributed by atoms with Gasteiger partial charge in [-0.3, -0.25) is 19.3 Å². The number of nitrogens with zero attached hydrogens (tertiary/aromatic N) is 1. The van der Waals surface area contributed by atoms with E-state index in [-0.39, 0.29) is 31.7 Å². The second-order valence-corrected chi connectivity index (χ2v) is 8.52. The quantitative estimate of drug-likeness (QED) is 0.359. The highest BCUT2D eigenvalue weighted by Crippen LogP contribution is 2.32. The van der Waals surface area contributed by atoms with Crippen LogP contribution in [0.1, 0.15) is 31.7 Å². The van der Waals surface area contributed by atoms with Crippen molar-refractivity contribution in [3.8, 4) is 0 Å². The Morgan fingerprint density at radius 3 is 2.55 bits per heavy atom. The Bertz CT molecular complexity index is 944. The molecule has 3 amide bonds. The number of carbonyl (C=O) groups is 4. The van der Waals surface area contributed by atoms with Crippen LogP contribution in [-0.2, 0) is 19.2 Å². The normalized spacial score (nSPS) is 16.5. The Balaban J connectivity index is 1.95. The summed E-state index contributed by atoms with van der Waals surface area (Å²) in [6, 6.07) is 8.45. The van der Waals surface area contributed by atoms with Crippen LogP contribution in [0.5, 0.6) is 0 Å². The van der Waals surface area contributed by atoms with Gasteiger partial charge in [0, 0.05) is 19.4 Å². The lowest BCUT2D eigenvalue weighted by Gasteiger charge is -2.16. The summed E-state index contributed by atoms with van der Waals surface area (Å²) in [4.78, 5) is 48.6. The van der Waals surface area contributed by atoms with Gasteiger partial charge in [-0.05, 0) is 30.6 Å². The van der Waals surface area contributed by atoms with Crippen LogP contribution in [-0.4, -0.2) is 50.6 Å². The van der Waals surface area contributed by atoms with E-state index < -0.39 is 23.8 Å². The van der Waals surface area contributed by atoms with Gasteiger partial charge in [0.15, 0.2) is 0 Å². The number of hydrogen-bond acceptors (Lipinski definition) is 6. The van der Waals surface area contributed by atoms with E-state index in [1.807, 2.05) is 43.3 Å². The van der Waals surface area contributed by atoms with Crippen molar-refractivity contribution >= 4 is 58.1 Å². The van der Waals surface area contributed by atoms with E-state index in [0.717, 1.165) is 22.9 Å². The van der Waals surface area contributed by atoms with Crippen LogP contribution in [0.2, 0.25) is 0 Å².